The van der Waals surface area contributed by atoms with Crippen LogP contribution in [0.1, 0.15) is 12.8 Å². The number of hydrogen-bond donors (Lipinski definition) is 0. The van der Waals surface area contributed by atoms with Gasteiger partial charge in [-0.3, -0.25) is 0 Å². The van der Waals surface area contributed by atoms with Crippen molar-refractivity contribution in [2.24, 2.45) is 5.41 Å². The Morgan fingerprint density at radius 3 is 2.62 bits per heavy atom. The number of carbonyl (C=O) groups is 1. The Bertz CT molecular complexity index is 284. The summed E-state index contributed by atoms with van der Waals surface area (Å²) in [5.41, 5.74) is -0.568. The van der Waals surface area contributed by atoms with E-state index in [1.54, 1.807) is 11.8 Å². The maximum absolute atomic E-state index is 11.2. The Hall–Kier alpha value is -0.0300. The lowest BCUT2D eigenvalue weighted by atomic mass is 9.87. The molecule has 1 aliphatic rings. The molecule has 1 fully saturated rings. The Morgan fingerprint density at radius 2 is 2.23 bits per heavy atom. The van der Waals surface area contributed by atoms with E-state index in [9.17, 15) is 13.2 Å². The first-order chi connectivity index (χ1) is 6.04. The molecule has 1 saturated heterocycles. The number of sulfone groups is 1. The van der Waals surface area contributed by atoms with Crippen molar-refractivity contribution >= 4 is 27.9 Å². The molecular weight excluding hydrogens is 208 g/mol. The molecule has 0 bridgehead atoms. The molecule has 0 aliphatic carbocycles. The largest absolute Gasteiger partial charge is 0.303 e. The van der Waals surface area contributed by atoms with E-state index >= 15 is 0 Å². The molecule has 1 rings (SSSR count). The lowest BCUT2D eigenvalue weighted by Crippen LogP contribution is -2.24. The highest BCUT2D eigenvalue weighted by molar-refractivity contribution is 7.98. The van der Waals surface area contributed by atoms with Crippen LogP contribution < -0.4 is 0 Å². The van der Waals surface area contributed by atoms with Crippen molar-refractivity contribution in [3.05, 3.63) is 0 Å². The second kappa shape index (κ2) is 4.00. The molecular formula is C8H14O3S2. The summed E-state index contributed by atoms with van der Waals surface area (Å²) in [5.74, 6) is 1.10. The molecule has 1 atom stereocenters. The Kier molecular flexibility index (Phi) is 3.40. The normalized spacial score (nSPS) is 31.8. The van der Waals surface area contributed by atoms with Crippen LogP contribution in [0.15, 0.2) is 0 Å². The van der Waals surface area contributed by atoms with E-state index in [2.05, 4.69) is 0 Å². The van der Waals surface area contributed by atoms with E-state index < -0.39 is 15.3 Å². The third-order valence-electron chi connectivity index (χ3n) is 2.47. The van der Waals surface area contributed by atoms with Crippen molar-refractivity contribution < 1.29 is 13.2 Å². The van der Waals surface area contributed by atoms with Gasteiger partial charge in [-0.15, -0.1) is 0 Å². The van der Waals surface area contributed by atoms with Gasteiger partial charge in [-0.1, -0.05) is 0 Å². The van der Waals surface area contributed by atoms with Gasteiger partial charge in [0.15, 0.2) is 9.84 Å². The minimum atomic E-state index is -2.94. The summed E-state index contributed by atoms with van der Waals surface area (Å²) in [5, 5.41) is 0. The van der Waals surface area contributed by atoms with Gasteiger partial charge in [0, 0.05) is 5.41 Å². The quantitative estimate of drug-likeness (QED) is 0.658. The summed E-state index contributed by atoms with van der Waals surface area (Å²) < 4.78 is 22.4. The molecule has 1 aliphatic heterocycles. The highest BCUT2D eigenvalue weighted by Crippen LogP contribution is 2.34. The first-order valence-corrected chi connectivity index (χ1v) is 7.41. The van der Waals surface area contributed by atoms with Crippen LogP contribution in [0, 0.1) is 5.41 Å². The molecule has 1 unspecified atom stereocenters. The summed E-state index contributed by atoms with van der Waals surface area (Å²) in [4.78, 5) is 10.8. The lowest BCUT2D eigenvalue weighted by molar-refractivity contribution is -0.115. The van der Waals surface area contributed by atoms with Crippen LogP contribution in [0.25, 0.3) is 0 Å². The molecule has 13 heavy (non-hydrogen) atoms. The van der Waals surface area contributed by atoms with Gasteiger partial charge in [0.25, 0.3) is 0 Å². The predicted molar refractivity (Wildman–Crippen MR) is 54.8 cm³/mol. The molecule has 0 N–H and O–H groups in total. The van der Waals surface area contributed by atoms with Gasteiger partial charge in [-0.2, -0.15) is 11.8 Å². The van der Waals surface area contributed by atoms with Crippen molar-refractivity contribution in [2.75, 3.05) is 23.5 Å². The zero-order chi connectivity index (χ0) is 9.95. The Morgan fingerprint density at radius 1 is 1.54 bits per heavy atom. The van der Waals surface area contributed by atoms with Crippen LogP contribution >= 0.6 is 11.8 Å². The van der Waals surface area contributed by atoms with Crippen molar-refractivity contribution in [3.8, 4) is 0 Å². The molecule has 0 amide bonds. The van der Waals surface area contributed by atoms with E-state index in [0.717, 1.165) is 12.0 Å². The predicted octanol–water partition coefficient (Wildman–Crippen LogP) is 0.743. The second-order valence-electron chi connectivity index (χ2n) is 3.57. The molecule has 0 spiro atoms. The molecule has 1 heterocycles. The average molecular weight is 222 g/mol. The first kappa shape index (κ1) is 11.0. The zero-order valence-electron chi connectivity index (χ0n) is 7.65. The van der Waals surface area contributed by atoms with Gasteiger partial charge in [-0.05, 0) is 24.9 Å². The number of thioether (sulfide) groups is 1. The topological polar surface area (TPSA) is 51.2 Å². The van der Waals surface area contributed by atoms with Crippen molar-refractivity contribution in [1.82, 2.24) is 0 Å². The monoisotopic (exact) mass is 222 g/mol. The number of hydrogen-bond acceptors (Lipinski definition) is 4. The Labute approximate surface area is 83.2 Å². The van der Waals surface area contributed by atoms with E-state index in [1.807, 2.05) is 6.26 Å². The summed E-state index contributed by atoms with van der Waals surface area (Å²) in [7, 11) is -2.94. The maximum Gasteiger partial charge on any atom is 0.151 e. The molecule has 0 radical (unpaired) electrons. The average Bonchev–Trinajstić information content (AvgIpc) is 2.40. The van der Waals surface area contributed by atoms with E-state index in [1.165, 1.54) is 0 Å². The third kappa shape index (κ3) is 2.71. The number of aldehydes is 1. The summed E-state index contributed by atoms with van der Waals surface area (Å²) in [6.07, 6.45) is 4.01. The van der Waals surface area contributed by atoms with Gasteiger partial charge in [-0.25, -0.2) is 8.42 Å². The molecule has 5 heteroatoms. The van der Waals surface area contributed by atoms with Crippen LogP contribution in [0.2, 0.25) is 0 Å². The van der Waals surface area contributed by atoms with Crippen LogP contribution in [0.5, 0.6) is 0 Å². The van der Waals surface area contributed by atoms with Crippen molar-refractivity contribution in [3.63, 3.8) is 0 Å². The van der Waals surface area contributed by atoms with Gasteiger partial charge in [0.2, 0.25) is 0 Å². The fourth-order valence-electron chi connectivity index (χ4n) is 1.60. The fraction of sp³-hybridized carbons (Fsp3) is 0.875. The van der Waals surface area contributed by atoms with Crippen LogP contribution in [-0.4, -0.2) is 38.2 Å². The summed E-state index contributed by atoms with van der Waals surface area (Å²) in [6.45, 7) is 0. The van der Waals surface area contributed by atoms with Crippen LogP contribution in [0.3, 0.4) is 0 Å². The van der Waals surface area contributed by atoms with E-state index in [0.29, 0.717) is 12.8 Å². The lowest BCUT2D eigenvalue weighted by Gasteiger charge is -2.18. The molecule has 0 aromatic heterocycles. The Balaban J connectivity index is 2.68. The smallest absolute Gasteiger partial charge is 0.151 e. The highest BCUT2D eigenvalue weighted by atomic mass is 32.2. The zero-order valence-corrected chi connectivity index (χ0v) is 9.29. The van der Waals surface area contributed by atoms with Crippen molar-refractivity contribution in [2.45, 2.75) is 12.8 Å². The maximum atomic E-state index is 11.2. The van der Waals surface area contributed by atoms with E-state index in [4.69, 9.17) is 0 Å². The number of rotatable bonds is 4. The van der Waals surface area contributed by atoms with Gasteiger partial charge >= 0.3 is 0 Å². The summed E-state index contributed by atoms with van der Waals surface area (Å²) >= 11 is 1.65. The first-order valence-electron chi connectivity index (χ1n) is 4.19. The molecule has 0 aromatic rings. The van der Waals surface area contributed by atoms with Crippen LogP contribution in [-0.2, 0) is 14.6 Å². The van der Waals surface area contributed by atoms with Gasteiger partial charge < -0.3 is 4.79 Å². The minimum Gasteiger partial charge on any atom is -0.303 e. The third-order valence-corrected chi connectivity index (χ3v) is 4.93. The fourth-order valence-corrected chi connectivity index (χ4v) is 4.30. The SMILES string of the molecule is CSCCC1(C=O)CCS(=O)(=O)C1. The minimum absolute atomic E-state index is 0.0596. The van der Waals surface area contributed by atoms with Gasteiger partial charge in [0.05, 0.1) is 11.5 Å². The standard InChI is InChI=1S/C8H14O3S2/c1-12-4-2-8(6-9)3-5-13(10,11)7-8/h6H,2-5,7H2,1H3. The van der Waals surface area contributed by atoms with Crippen molar-refractivity contribution in [1.29, 1.82) is 0 Å². The van der Waals surface area contributed by atoms with E-state index in [-0.39, 0.29) is 11.5 Å². The van der Waals surface area contributed by atoms with Gasteiger partial charge in [0.1, 0.15) is 6.29 Å². The molecule has 3 nitrogen and oxygen atoms in total. The van der Waals surface area contributed by atoms with Crippen LogP contribution in [0.4, 0.5) is 0 Å². The molecule has 0 saturated carbocycles. The second-order valence-corrected chi connectivity index (χ2v) is 6.73. The number of carbonyl (C=O) groups excluding carboxylic acids is 1. The molecule has 0 aromatic carbocycles. The molecule has 76 valence electrons. The highest BCUT2D eigenvalue weighted by Gasteiger charge is 2.41. The summed E-state index contributed by atoms with van der Waals surface area (Å²) in [6, 6.07) is 0.